The van der Waals surface area contributed by atoms with Crippen LogP contribution in [-0.2, 0) is 6.54 Å². The highest BCUT2D eigenvalue weighted by Gasteiger charge is 2.17. The molecule has 7 heteroatoms. The summed E-state index contributed by atoms with van der Waals surface area (Å²) in [6, 6.07) is 21.4. The lowest BCUT2D eigenvalue weighted by Crippen LogP contribution is -2.06. The minimum absolute atomic E-state index is 0.523. The molecule has 2 heterocycles. The van der Waals surface area contributed by atoms with Gasteiger partial charge in [-0.2, -0.15) is 5.26 Å². The van der Waals surface area contributed by atoms with Gasteiger partial charge in [-0.3, -0.25) is 4.57 Å². The predicted octanol–water partition coefficient (Wildman–Crippen LogP) is 4.94. The van der Waals surface area contributed by atoms with Gasteiger partial charge in [-0.1, -0.05) is 42.1 Å². The maximum absolute atomic E-state index is 8.87. The number of thioether (sulfide) groups is 1. The number of hydrogen-bond donors (Lipinski definition) is 0. The Morgan fingerprint density at radius 3 is 2.57 bits per heavy atom. The fourth-order valence-corrected chi connectivity index (χ4v) is 3.79. The first-order chi connectivity index (χ1) is 14.7. The van der Waals surface area contributed by atoms with Crippen LogP contribution in [0.3, 0.4) is 0 Å². The molecule has 0 unspecified atom stereocenters. The van der Waals surface area contributed by atoms with E-state index < -0.39 is 0 Å². The van der Waals surface area contributed by atoms with Gasteiger partial charge >= 0.3 is 0 Å². The highest BCUT2D eigenvalue weighted by molar-refractivity contribution is 7.99. The minimum Gasteiger partial charge on any atom is -0.493 e. The second kappa shape index (κ2) is 9.33. The van der Waals surface area contributed by atoms with Crippen molar-refractivity contribution in [2.45, 2.75) is 18.6 Å². The molecule has 0 radical (unpaired) electrons. The molecule has 0 spiro atoms. The molecule has 150 valence electrons. The summed E-state index contributed by atoms with van der Waals surface area (Å²) in [5.74, 6) is 3.07. The predicted molar refractivity (Wildman–Crippen MR) is 115 cm³/mol. The Morgan fingerprint density at radius 1 is 1.07 bits per heavy atom. The molecule has 0 aliphatic rings. The van der Waals surface area contributed by atoms with Crippen LogP contribution in [0.5, 0.6) is 5.75 Å². The number of rotatable bonds is 8. The average molecular weight is 417 g/mol. The van der Waals surface area contributed by atoms with Gasteiger partial charge in [-0.05, 0) is 42.8 Å². The Bertz CT molecular complexity index is 1140. The van der Waals surface area contributed by atoms with E-state index in [9.17, 15) is 0 Å². The molecule has 0 fully saturated rings. The quantitative estimate of drug-likeness (QED) is 0.299. The van der Waals surface area contributed by atoms with E-state index in [0.717, 1.165) is 33.8 Å². The first-order valence-electron chi connectivity index (χ1n) is 9.52. The Kier molecular flexibility index (Phi) is 6.16. The zero-order valence-electron chi connectivity index (χ0n) is 16.5. The lowest BCUT2D eigenvalue weighted by Gasteiger charge is -2.10. The van der Waals surface area contributed by atoms with Gasteiger partial charge in [0.2, 0.25) is 0 Å². The molecule has 0 aliphatic heterocycles. The van der Waals surface area contributed by atoms with E-state index in [0.29, 0.717) is 18.7 Å². The lowest BCUT2D eigenvalue weighted by atomic mass is 10.2. The fourth-order valence-electron chi connectivity index (χ4n) is 3.04. The van der Waals surface area contributed by atoms with Gasteiger partial charge in [-0.25, -0.2) is 0 Å². The van der Waals surface area contributed by atoms with Gasteiger partial charge in [0.05, 0.1) is 36.6 Å². The van der Waals surface area contributed by atoms with Crippen molar-refractivity contribution in [3.8, 4) is 23.2 Å². The third-order valence-corrected chi connectivity index (χ3v) is 5.50. The van der Waals surface area contributed by atoms with Crippen LogP contribution in [0, 0.1) is 18.3 Å². The Morgan fingerprint density at radius 2 is 1.87 bits per heavy atom. The third kappa shape index (κ3) is 4.56. The van der Waals surface area contributed by atoms with E-state index in [1.165, 1.54) is 5.56 Å². The number of nitrogens with zero attached hydrogens (tertiary/aromatic N) is 4. The largest absolute Gasteiger partial charge is 0.493 e. The van der Waals surface area contributed by atoms with Crippen LogP contribution in [0.25, 0.3) is 11.4 Å². The van der Waals surface area contributed by atoms with Crippen molar-refractivity contribution >= 4 is 11.8 Å². The van der Waals surface area contributed by atoms with E-state index in [4.69, 9.17) is 14.4 Å². The van der Waals surface area contributed by atoms with Crippen molar-refractivity contribution in [1.82, 2.24) is 14.8 Å². The molecule has 0 atom stereocenters. The lowest BCUT2D eigenvalue weighted by molar-refractivity contribution is 0.344. The average Bonchev–Trinajstić information content (AvgIpc) is 3.38. The molecule has 0 bridgehead atoms. The molecule has 0 saturated carbocycles. The van der Waals surface area contributed by atoms with Crippen LogP contribution in [-0.4, -0.2) is 27.1 Å². The number of ether oxygens (including phenoxy) is 1. The summed E-state index contributed by atoms with van der Waals surface area (Å²) >= 11 is 1.60. The molecule has 4 aromatic rings. The molecule has 2 aromatic heterocycles. The first kappa shape index (κ1) is 19.8. The fraction of sp³-hybridized carbons (Fsp3) is 0.174. The van der Waals surface area contributed by atoms with Crippen LogP contribution in [0.2, 0.25) is 0 Å². The highest BCUT2D eigenvalue weighted by atomic mass is 32.2. The van der Waals surface area contributed by atoms with E-state index in [1.54, 1.807) is 42.3 Å². The van der Waals surface area contributed by atoms with Crippen molar-refractivity contribution in [2.24, 2.45) is 0 Å². The van der Waals surface area contributed by atoms with Crippen LogP contribution < -0.4 is 4.74 Å². The van der Waals surface area contributed by atoms with E-state index in [2.05, 4.69) is 33.0 Å². The summed E-state index contributed by atoms with van der Waals surface area (Å²) in [5.41, 5.74) is 2.74. The molecule has 2 aromatic carbocycles. The smallest absolute Gasteiger partial charge is 0.191 e. The second-order valence-corrected chi connectivity index (χ2v) is 7.66. The zero-order valence-corrected chi connectivity index (χ0v) is 17.3. The van der Waals surface area contributed by atoms with Crippen molar-refractivity contribution in [1.29, 1.82) is 5.26 Å². The van der Waals surface area contributed by atoms with Gasteiger partial charge < -0.3 is 9.15 Å². The monoisotopic (exact) mass is 416 g/mol. The molecule has 6 nitrogen and oxygen atoms in total. The maximum atomic E-state index is 8.87. The molecular formula is C23H20N4O2S. The van der Waals surface area contributed by atoms with Gasteiger partial charge in [0.15, 0.2) is 11.0 Å². The van der Waals surface area contributed by atoms with E-state index >= 15 is 0 Å². The number of furan rings is 1. The molecule has 30 heavy (non-hydrogen) atoms. The van der Waals surface area contributed by atoms with Crippen molar-refractivity contribution < 1.29 is 9.15 Å². The third-order valence-electron chi connectivity index (χ3n) is 4.57. The minimum atomic E-state index is 0.523. The molecule has 0 N–H and O–H groups in total. The van der Waals surface area contributed by atoms with Gasteiger partial charge in [0.25, 0.3) is 0 Å². The topological polar surface area (TPSA) is 76.9 Å². The normalized spacial score (nSPS) is 10.7. The van der Waals surface area contributed by atoms with E-state index in [1.807, 2.05) is 31.2 Å². The van der Waals surface area contributed by atoms with Crippen molar-refractivity contribution in [3.05, 3.63) is 83.8 Å². The summed E-state index contributed by atoms with van der Waals surface area (Å²) in [6.07, 6.45) is 1.67. The SMILES string of the molecule is Cc1occc1-c1nnc(SCCOc2ccc(C#N)cc2)n1Cc1ccccc1. The first-order valence-corrected chi connectivity index (χ1v) is 10.5. The number of aromatic nitrogens is 3. The summed E-state index contributed by atoms with van der Waals surface area (Å²) in [4.78, 5) is 0. The summed E-state index contributed by atoms with van der Waals surface area (Å²) < 4.78 is 13.4. The molecule has 4 rings (SSSR count). The second-order valence-electron chi connectivity index (χ2n) is 6.60. The molecule has 0 saturated heterocycles. The van der Waals surface area contributed by atoms with Gasteiger partial charge in [-0.15, -0.1) is 10.2 Å². The van der Waals surface area contributed by atoms with Crippen LogP contribution in [0.4, 0.5) is 0 Å². The zero-order chi connectivity index (χ0) is 20.8. The molecule has 0 amide bonds. The van der Waals surface area contributed by atoms with Crippen LogP contribution in [0.15, 0.2) is 76.5 Å². The Balaban J connectivity index is 1.47. The number of benzene rings is 2. The number of aryl methyl sites for hydroxylation is 1. The standard InChI is InChI=1S/C23H20N4O2S/c1-17-21(11-12-28-17)22-25-26-23(27(22)16-19-5-3-2-4-6-19)30-14-13-29-20-9-7-18(15-24)8-10-20/h2-12H,13-14,16H2,1H3. The summed E-state index contributed by atoms with van der Waals surface area (Å²) in [7, 11) is 0. The number of nitriles is 1. The summed E-state index contributed by atoms with van der Waals surface area (Å²) in [6.45, 7) is 3.12. The van der Waals surface area contributed by atoms with Crippen molar-refractivity contribution in [2.75, 3.05) is 12.4 Å². The van der Waals surface area contributed by atoms with E-state index in [-0.39, 0.29) is 0 Å². The molecule has 0 aliphatic carbocycles. The van der Waals surface area contributed by atoms with Gasteiger partial charge in [0, 0.05) is 5.75 Å². The highest BCUT2D eigenvalue weighted by Crippen LogP contribution is 2.28. The summed E-state index contributed by atoms with van der Waals surface area (Å²) in [5, 5.41) is 18.6. The van der Waals surface area contributed by atoms with Gasteiger partial charge in [0.1, 0.15) is 11.5 Å². The Hall–Kier alpha value is -3.50. The maximum Gasteiger partial charge on any atom is 0.191 e. The number of hydrogen-bond acceptors (Lipinski definition) is 6. The molecular weight excluding hydrogens is 396 g/mol. The van der Waals surface area contributed by atoms with Crippen LogP contribution in [0.1, 0.15) is 16.9 Å². The van der Waals surface area contributed by atoms with Crippen molar-refractivity contribution in [3.63, 3.8) is 0 Å². The van der Waals surface area contributed by atoms with Crippen LogP contribution >= 0.6 is 11.8 Å². The Labute approximate surface area is 179 Å².